The maximum absolute atomic E-state index is 10.5. The fourth-order valence-electron chi connectivity index (χ4n) is 3.17. The van der Waals surface area contributed by atoms with Crippen molar-refractivity contribution in [3.05, 3.63) is 34.4 Å². The molecular formula is C15H21BrO2. The Hall–Kier alpha value is -0.380. The van der Waals surface area contributed by atoms with Crippen LogP contribution in [-0.2, 0) is 0 Å². The molecule has 18 heavy (non-hydrogen) atoms. The van der Waals surface area contributed by atoms with Gasteiger partial charge in [-0.15, -0.1) is 0 Å². The third kappa shape index (κ3) is 2.36. The number of fused-ring (bicyclic) bond motifs is 1. The fourth-order valence-corrected chi connectivity index (χ4v) is 3.75. The van der Waals surface area contributed by atoms with E-state index in [9.17, 15) is 10.2 Å². The van der Waals surface area contributed by atoms with Crippen molar-refractivity contribution >= 4 is 15.9 Å². The summed E-state index contributed by atoms with van der Waals surface area (Å²) in [7, 11) is 0. The molecule has 1 saturated carbocycles. The molecule has 0 aliphatic heterocycles. The average Bonchev–Trinajstić information content (AvgIpc) is 2.46. The summed E-state index contributed by atoms with van der Waals surface area (Å²) in [6.07, 6.45) is 4.87. The van der Waals surface area contributed by atoms with Gasteiger partial charge in [0.25, 0.3) is 0 Å². The van der Waals surface area contributed by atoms with E-state index in [-0.39, 0.29) is 17.8 Å². The monoisotopic (exact) mass is 312 g/mol. The van der Waals surface area contributed by atoms with Gasteiger partial charge >= 0.3 is 0 Å². The van der Waals surface area contributed by atoms with Crippen molar-refractivity contribution in [3.8, 4) is 0 Å². The summed E-state index contributed by atoms with van der Waals surface area (Å²) in [6.45, 7) is 8.13. The quantitative estimate of drug-likeness (QED) is 0.730. The van der Waals surface area contributed by atoms with Crippen molar-refractivity contribution in [2.45, 2.75) is 38.9 Å². The highest BCUT2D eigenvalue weighted by atomic mass is 79.9. The zero-order valence-corrected chi connectivity index (χ0v) is 12.5. The highest BCUT2D eigenvalue weighted by molar-refractivity contribution is 9.11. The summed E-state index contributed by atoms with van der Waals surface area (Å²) in [5, 5.41) is 20.7. The molecule has 2 aliphatic carbocycles. The van der Waals surface area contributed by atoms with Crippen molar-refractivity contribution in [1.82, 2.24) is 0 Å². The predicted molar refractivity (Wildman–Crippen MR) is 77.3 cm³/mol. The zero-order chi connectivity index (χ0) is 13.4. The third-order valence-corrected chi connectivity index (χ3v) is 4.80. The minimum atomic E-state index is -0.460. The second kappa shape index (κ2) is 5.32. The number of rotatable bonds is 1. The summed E-state index contributed by atoms with van der Waals surface area (Å²) in [6, 6.07) is 0. The first-order valence-corrected chi connectivity index (χ1v) is 7.37. The molecule has 0 aromatic carbocycles. The maximum Gasteiger partial charge on any atom is 0.0790 e. The van der Waals surface area contributed by atoms with Gasteiger partial charge < -0.3 is 10.2 Å². The van der Waals surface area contributed by atoms with E-state index in [0.717, 1.165) is 28.5 Å². The molecule has 2 N–H and O–H groups in total. The van der Waals surface area contributed by atoms with Crippen LogP contribution in [0.2, 0.25) is 0 Å². The Morgan fingerprint density at radius 2 is 2.06 bits per heavy atom. The van der Waals surface area contributed by atoms with Gasteiger partial charge in [0.15, 0.2) is 0 Å². The number of aliphatic hydroxyl groups is 2. The molecule has 0 radical (unpaired) electrons. The zero-order valence-electron chi connectivity index (χ0n) is 10.9. The van der Waals surface area contributed by atoms with Crippen LogP contribution in [-0.4, -0.2) is 22.4 Å². The lowest BCUT2D eigenvalue weighted by Crippen LogP contribution is -2.40. The van der Waals surface area contributed by atoms with Crippen molar-refractivity contribution < 1.29 is 10.2 Å². The van der Waals surface area contributed by atoms with Gasteiger partial charge in [0.2, 0.25) is 0 Å². The Morgan fingerprint density at radius 3 is 2.67 bits per heavy atom. The largest absolute Gasteiger partial charge is 0.388 e. The second-order valence-electron chi connectivity index (χ2n) is 5.49. The molecule has 1 fully saturated rings. The smallest absolute Gasteiger partial charge is 0.0790 e. The number of hydrogen-bond donors (Lipinski definition) is 2. The van der Waals surface area contributed by atoms with Gasteiger partial charge in [-0.25, -0.2) is 0 Å². The molecule has 3 unspecified atom stereocenters. The number of aliphatic hydroxyl groups excluding tert-OH is 2. The Morgan fingerprint density at radius 1 is 1.39 bits per heavy atom. The third-order valence-electron chi connectivity index (χ3n) is 4.31. The van der Waals surface area contributed by atoms with Gasteiger partial charge in [0, 0.05) is 10.4 Å². The van der Waals surface area contributed by atoms with E-state index in [1.165, 1.54) is 0 Å². The molecule has 0 aromatic rings. The highest BCUT2D eigenvalue weighted by Gasteiger charge is 2.41. The lowest BCUT2D eigenvalue weighted by atomic mass is 9.67. The molecule has 0 amide bonds. The van der Waals surface area contributed by atoms with Crippen LogP contribution < -0.4 is 0 Å². The van der Waals surface area contributed by atoms with Gasteiger partial charge in [0.05, 0.1) is 12.2 Å². The van der Waals surface area contributed by atoms with E-state index >= 15 is 0 Å². The van der Waals surface area contributed by atoms with Crippen LogP contribution in [0, 0.1) is 17.8 Å². The van der Waals surface area contributed by atoms with Crippen molar-refractivity contribution in [1.29, 1.82) is 0 Å². The summed E-state index contributed by atoms with van der Waals surface area (Å²) >= 11 is 3.52. The van der Waals surface area contributed by atoms with Crippen molar-refractivity contribution in [2.75, 3.05) is 0 Å². The standard InChI is InChI=1S/C15H21BrO2/c1-4-10-6-11(16)7-12-9(3)14(17)8(2)5-13(12)15(10)18/h6-8,12-15,17-18H,3-5H2,1-2H3/t8-,12?,13?,14+,15?/m1/s1. The van der Waals surface area contributed by atoms with Crippen LogP contribution in [0.25, 0.3) is 0 Å². The van der Waals surface area contributed by atoms with Crippen molar-refractivity contribution in [2.24, 2.45) is 17.8 Å². The van der Waals surface area contributed by atoms with E-state index in [1.807, 2.05) is 13.0 Å². The molecule has 5 atom stereocenters. The van der Waals surface area contributed by atoms with E-state index < -0.39 is 12.2 Å². The summed E-state index contributed by atoms with van der Waals surface area (Å²) in [5.41, 5.74) is 1.89. The number of allylic oxidation sites excluding steroid dienone is 3. The summed E-state index contributed by atoms with van der Waals surface area (Å²) in [4.78, 5) is 0. The molecular weight excluding hydrogens is 292 g/mol. The molecule has 2 nitrogen and oxygen atoms in total. The minimum absolute atomic E-state index is 0.0564. The van der Waals surface area contributed by atoms with Crippen LogP contribution in [0.3, 0.4) is 0 Å². The Balaban J connectivity index is 2.38. The lowest BCUT2D eigenvalue weighted by Gasteiger charge is -2.40. The molecule has 0 bridgehead atoms. The van der Waals surface area contributed by atoms with Crippen LogP contribution in [0.15, 0.2) is 34.4 Å². The van der Waals surface area contributed by atoms with E-state index in [0.29, 0.717) is 0 Å². The van der Waals surface area contributed by atoms with Gasteiger partial charge in [-0.3, -0.25) is 0 Å². The first-order valence-electron chi connectivity index (χ1n) is 6.58. The number of halogens is 1. The molecule has 0 aromatic heterocycles. The molecule has 2 rings (SSSR count). The van der Waals surface area contributed by atoms with Gasteiger partial charge in [-0.05, 0) is 41.9 Å². The molecule has 0 spiro atoms. The SMILES string of the molecule is C=C1C2C=C(Br)C=C(CC)C(O)C2C[C@@H](C)[C@@H]1O. The summed E-state index contributed by atoms with van der Waals surface area (Å²) in [5.74, 6) is 0.356. The highest BCUT2D eigenvalue weighted by Crippen LogP contribution is 2.44. The Labute approximate surface area is 117 Å². The van der Waals surface area contributed by atoms with Gasteiger partial charge in [-0.1, -0.05) is 42.4 Å². The van der Waals surface area contributed by atoms with Crippen molar-refractivity contribution in [3.63, 3.8) is 0 Å². The molecule has 3 heteroatoms. The molecule has 0 heterocycles. The van der Waals surface area contributed by atoms with Crippen LogP contribution in [0.1, 0.15) is 26.7 Å². The fraction of sp³-hybridized carbons (Fsp3) is 0.600. The maximum atomic E-state index is 10.5. The molecule has 2 aliphatic rings. The Kier molecular flexibility index (Phi) is 4.15. The Bertz CT molecular complexity index is 411. The minimum Gasteiger partial charge on any atom is -0.388 e. The van der Waals surface area contributed by atoms with Crippen LogP contribution in [0.5, 0.6) is 0 Å². The second-order valence-corrected chi connectivity index (χ2v) is 6.41. The molecule has 0 saturated heterocycles. The van der Waals surface area contributed by atoms with Gasteiger partial charge in [0.1, 0.15) is 0 Å². The normalized spacial score (nSPS) is 40.7. The van der Waals surface area contributed by atoms with Gasteiger partial charge in [-0.2, -0.15) is 0 Å². The lowest BCUT2D eigenvalue weighted by molar-refractivity contribution is 0.0377. The van der Waals surface area contributed by atoms with E-state index in [2.05, 4.69) is 35.5 Å². The van der Waals surface area contributed by atoms with Crippen LogP contribution >= 0.6 is 15.9 Å². The molecule has 100 valence electrons. The summed E-state index contributed by atoms with van der Waals surface area (Å²) < 4.78 is 0.980. The van der Waals surface area contributed by atoms with E-state index in [1.54, 1.807) is 0 Å². The van der Waals surface area contributed by atoms with Crippen LogP contribution in [0.4, 0.5) is 0 Å². The first-order chi connectivity index (χ1) is 8.45. The topological polar surface area (TPSA) is 40.5 Å². The number of hydrogen-bond acceptors (Lipinski definition) is 2. The van der Waals surface area contributed by atoms with E-state index in [4.69, 9.17) is 0 Å². The average molecular weight is 313 g/mol. The first kappa shape index (κ1) is 14.0. The predicted octanol–water partition coefficient (Wildman–Crippen LogP) is 3.17.